The van der Waals surface area contributed by atoms with Gasteiger partial charge >= 0.3 is 23.3 Å². The molecule has 0 aromatic heterocycles. The molecule has 5 aromatic rings. The van der Waals surface area contributed by atoms with E-state index in [1.807, 2.05) is 48.5 Å². The average molecular weight is 656 g/mol. The van der Waals surface area contributed by atoms with E-state index in [1.165, 1.54) is 18.2 Å². The van der Waals surface area contributed by atoms with Crippen molar-refractivity contribution in [1.82, 2.24) is 5.32 Å². The molecule has 0 unspecified atom stereocenters. The maximum absolute atomic E-state index is 14.8. The molecule has 0 radical (unpaired) electrons. The number of carbonyl (C=O) groups excluding carboxylic acids is 3. The third-order valence-electron chi connectivity index (χ3n) is 7.45. The van der Waals surface area contributed by atoms with Gasteiger partial charge in [0.1, 0.15) is 18.4 Å². The smallest absolute Gasteiger partial charge is 0.467 e. The third-order valence-corrected chi connectivity index (χ3v) is 8.55. The third kappa shape index (κ3) is 6.96. The minimum atomic E-state index is -5.01. The number of amides is 1. The molecule has 0 heterocycles. The molecule has 0 saturated heterocycles. The number of methoxy groups -OCH3 is 1. The van der Waals surface area contributed by atoms with Gasteiger partial charge in [0.15, 0.2) is 0 Å². The number of esters is 2. The number of nitrogens with one attached hydrogen (secondary N) is 1. The summed E-state index contributed by atoms with van der Waals surface area (Å²) in [5.74, 6) is -3.86. The molecule has 0 aliphatic rings. The average Bonchev–Trinajstić information content (AvgIpc) is 3.03. The standard InChI is InChI=1S/C34H29F4NO6S/c1-20(40)39-27(32(42)43-2)19-46-34(37,38)33(35,36)45-28-9-4-3-6-21(28)15-17-29(41)44-18-25-13-12-24-11-10-22-7-5-8-23-14-16-26(25)31(24)30(22)23/h3-14,16,27H,15,17-19H2,1-2H3,(H,39,40)/t27-/m0/s1. The molecule has 7 nitrogen and oxygen atoms in total. The van der Waals surface area contributed by atoms with E-state index in [-0.39, 0.29) is 25.0 Å². The van der Waals surface area contributed by atoms with Crippen molar-refractivity contribution in [3.05, 3.63) is 90.0 Å². The predicted octanol–water partition coefficient (Wildman–Crippen LogP) is 7.24. The van der Waals surface area contributed by atoms with E-state index in [0.29, 0.717) is 0 Å². The van der Waals surface area contributed by atoms with Crippen molar-refractivity contribution >= 4 is 61.9 Å². The molecule has 0 fully saturated rings. The molecule has 46 heavy (non-hydrogen) atoms. The summed E-state index contributed by atoms with van der Waals surface area (Å²) in [6.45, 7) is 1.02. The Bertz CT molecular complexity index is 1880. The summed E-state index contributed by atoms with van der Waals surface area (Å²) in [5, 5.41) is 3.69. The van der Waals surface area contributed by atoms with Crippen LogP contribution in [0.4, 0.5) is 17.6 Å². The number of alkyl halides is 4. The Morgan fingerprint density at radius 2 is 1.48 bits per heavy atom. The zero-order valence-corrected chi connectivity index (χ0v) is 25.6. The van der Waals surface area contributed by atoms with Crippen molar-refractivity contribution in [3.8, 4) is 5.75 Å². The zero-order valence-electron chi connectivity index (χ0n) is 24.8. The van der Waals surface area contributed by atoms with Crippen molar-refractivity contribution in [3.63, 3.8) is 0 Å². The lowest BCUT2D eigenvalue weighted by Crippen LogP contribution is -2.47. The lowest BCUT2D eigenvalue weighted by atomic mass is 9.92. The van der Waals surface area contributed by atoms with Crippen LogP contribution >= 0.6 is 11.8 Å². The number of hydrogen-bond acceptors (Lipinski definition) is 7. The largest absolute Gasteiger partial charge is 0.475 e. The van der Waals surface area contributed by atoms with E-state index in [9.17, 15) is 31.9 Å². The van der Waals surface area contributed by atoms with Crippen LogP contribution in [0.2, 0.25) is 0 Å². The van der Waals surface area contributed by atoms with Crippen LogP contribution in [0.5, 0.6) is 5.75 Å². The normalized spacial score (nSPS) is 12.7. The molecule has 0 aliphatic heterocycles. The fraction of sp³-hybridized carbons (Fsp3) is 0.265. The van der Waals surface area contributed by atoms with Crippen LogP contribution in [0.25, 0.3) is 32.3 Å². The number of para-hydroxylation sites is 1. The summed E-state index contributed by atoms with van der Waals surface area (Å²) in [6, 6.07) is 21.8. The molecule has 0 spiro atoms. The molecule has 12 heteroatoms. The van der Waals surface area contributed by atoms with Crippen molar-refractivity contribution in [1.29, 1.82) is 0 Å². The van der Waals surface area contributed by atoms with Crippen LogP contribution in [0.15, 0.2) is 78.9 Å². The highest BCUT2D eigenvalue weighted by Crippen LogP contribution is 2.45. The van der Waals surface area contributed by atoms with Gasteiger partial charge in [-0.15, -0.1) is 0 Å². The molecule has 5 rings (SSSR count). The van der Waals surface area contributed by atoms with E-state index in [1.54, 1.807) is 0 Å². The van der Waals surface area contributed by atoms with Gasteiger partial charge in [-0.3, -0.25) is 9.59 Å². The van der Waals surface area contributed by atoms with E-state index in [2.05, 4.69) is 20.9 Å². The van der Waals surface area contributed by atoms with Crippen LogP contribution in [0.3, 0.4) is 0 Å². The van der Waals surface area contributed by atoms with Crippen LogP contribution in [0, 0.1) is 0 Å². The number of benzene rings is 5. The Labute approximate surface area is 265 Å². The number of halogens is 4. The maximum atomic E-state index is 14.8. The minimum Gasteiger partial charge on any atom is -0.467 e. The Morgan fingerprint density at radius 1 is 0.826 bits per heavy atom. The number of aryl methyl sites for hydroxylation is 1. The zero-order chi connectivity index (χ0) is 33.1. The molecule has 1 N–H and O–H groups in total. The molecule has 5 aromatic carbocycles. The molecule has 0 bridgehead atoms. The second kappa shape index (κ2) is 13.4. The van der Waals surface area contributed by atoms with E-state index >= 15 is 0 Å². The van der Waals surface area contributed by atoms with Gasteiger partial charge in [0.25, 0.3) is 0 Å². The Kier molecular flexibility index (Phi) is 9.57. The van der Waals surface area contributed by atoms with Gasteiger partial charge in [-0.2, -0.15) is 17.6 Å². The van der Waals surface area contributed by atoms with Crippen molar-refractivity contribution in [2.45, 2.75) is 43.8 Å². The fourth-order valence-electron chi connectivity index (χ4n) is 5.22. The Morgan fingerprint density at radius 3 is 2.17 bits per heavy atom. The quantitative estimate of drug-likeness (QED) is 0.0813. The van der Waals surface area contributed by atoms with E-state index in [4.69, 9.17) is 4.74 Å². The van der Waals surface area contributed by atoms with Crippen LogP contribution in [-0.2, 0) is 36.9 Å². The Hall–Kier alpha value is -4.58. The monoisotopic (exact) mass is 655 g/mol. The summed E-state index contributed by atoms with van der Waals surface area (Å²) in [6.07, 6.45) is -5.35. The van der Waals surface area contributed by atoms with E-state index in [0.717, 1.165) is 58.0 Å². The van der Waals surface area contributed by atoms with Gasteiger partial charge in [-0.05, 0) is 55.9 Å². The highest BCUT2D eigenvalue weighted by atomic mass is 32.2. The van der Waals surface area contributed by atoms with Crippen LogP contribution < -0.4 is 10.1 Å². The lowest BCUT2D eigenvalue weighted by molar-refractivity contribution is -0.269. The van der Waals surface area contributed by atoms with Crippen LogP contribution in [-0.4, -0.2) is 48.1 Å². The summed E-state index contributed by atoms with van der Waals surface area (Å²) in [5.41, 5.74) is 0.892. The second-order valence-corrected chi connectivity index (χ2v) is 11.7. The van der Waals surface area contributed by atoms with Crippen LogP contribution in [0.1, 0.15) is 24.5 Å². The number of carbonyl (C=O) groups is 3. The van der Waals surface area contributed by atoms with E-state index < -0.39 is 58.5 Å². The lowest BCUT2D eigenvalue weighted by Gasteiger charge is -2.27. The summed E-state index contributed by atoms with van der Waals surface area (Å²) in [7, 11) is 0.969. The summed E-state index contributed by atoms with van der Waals surface area (Å²) < 4.78 is 73.3. The molecular formula is C34H29F4NO6S. The number of thioether (sulfide) groups is 1. The molecule has 0 saturated carbocycles. The van der Waals surface area contributed by atoms with Gasteiger partial charge < -0.3 is 19.5 Å². The van der Waals surface area contributed by atoms with Gasteiger partial charge in [0.05, 0.1) is 7.11 Å². The molecular weight excluding hydrogens is 626 g/mol. The summed E-state index contributed by atoms with van der Waals surface area (Å²) in [4.78, 5) is 35.8. The predicted molar refractivity (Wildman–Crippen MR) is 167 cm³/mol. The van der Waals surface area contributed by atoms with Crippen molar-refractivity contribution < 1.29 is 46.2 Å². The van der Waals surface area contributed by atoms with Crippen molar-refractivity contribution in [2.24, 2.45) is 0 Å². The number of hydrogen-bond donors (Lipinski definition) is 1. The fourth-order valence-corrected chi connectivity index (χ4v) is 6.03. The molecule has 1 atom stereocenters. The summed E-state index contributed by atoms with van der Waals surface area (Å²) >= 11 is -0.568. The molecule has 1 amide bonds. The first-order valence-corrected chi connectivity index (χ1v) is 15.2. The SMILES string of the molecule is COC(=O)[C@H](CSC(F)(F)C(F)(F)Oc1ccccc1CCC(=O)OCc1ccc2ccc3cccc4ccc1c2c34)NC(C)=O. The highest BCUT2D eigenvalue weighted by Gasteiger charge is 2.60. The first-order valence-electron chi connectivity index (χ1n) is 14.2. The topological polar surface area (TPSA) is 90.9 Å². The number of ether oxygens (including phenoxy) is 3. The first-order chi connectivity index (χ1) is 21.9. The van der Waals surface area contributed by atoms with Gasteiger partial charge in [0, 0.05) is 19.1 Å². The second-order valence-electron chi connectivity index (χ2n) is 10.6. The molecule has 240 valence electrons. The number of rotatable bonds is 13. The van der Waals surface area contributed by atoms with Gasteiger partial charge in [-0.1, -0.05) is 84.6 Å². The highest BCUT2D eigenvalue weighted by molar-refractivity contribution is 8.00. The van der Waals surface area contributed by atoms with Crippen molar-refractivity contribution in [2.75, 3.05) is 12.9 Å². The maximum Gasteiger partial charge on any atom is 0.475 e. The Balaban J connectivity index is 1.22. The molecule has 0 aliphatic carbocycles. The first kappa shape index (κ1) is 32.8. The van der Waals surface area contributed by atoms with Gasteiger partial charge in [-0.25, -0.2) is 4.79 Å². The minimum absolute atomic E-state index is 0.0162. The van der Waals surface area contributed by atoms with Gasteiger partial charge in [0.2, 0.25) is 5.91 Å².